The minimum atomic E-state index is -4.66. The van der Waals surface area contributed by atoms with Crippen molar-refractivity contribution >= 4 is 23.1 Å². The van der Waals surface area contributed by atoms with Crippen LogP contribution in [0.1, 0.15) is 18.5 Å². The van der Waals surface area contributed by atoms with Gasteiger partial charge in [-0.2, -0.15) is 13.2 Å². The Balaban J connectivity index is 2.76. The van der Waals surface area contributed by atoms with E-state index in [9.17, 15) is 18.0 Å². The molecule has 0 unspecified atom stereocenters. The number of Topliss-reactive ketones (excluding diaryl/α,β-unsaturated/α-hetero) is 1. The number of allylic oxidation sites excluding steroid dienone is 1. The molecule has 1 aromatic carbocycles. The van der Waals surface area contributed by atoms with Gasteiger partial charge < -0.3 is 9.80 Å². The maximum atomic E-state index is 13.5. The number of alkyl halides is 3. The molecule has 22 heavy (non-hydrogen) atoms. The third-order valence-electron chi connectivity index (χ3n) is 3.60. The molecule has 3 nitrogen and oxygen atoms in total. The average Bonchev–Trinajstić information content (AvgIpc) is 2.43. The highest BCUT2D eigenvalue weighted by Gasteiger charge is 2.48. The van der Waals surface area contributed by atoms with Crippen LogP contribution in [0.5, 0.6) is 0 Å². The Bertz CT molecular complexity index is 640. The van der Waals surface area contributed by atoms with Crippen LogP contribution in [-0.4, -0.2) is 41.0 Å². The summed E-state index contributed by atoms with van der Waals surface area (Å²) in [5.74, 6) is -0.623. The molecule has 1 aromatic rings. The average molecular weight is 328 g/mol. The first-order valence-electron chi connectivity index (χ1n) is 6.54. The van der Waals surface area contributed by atoms with Gasteiger partial charge in [-0.15, -0.1) is 0 Å². The lowest BCUT2D eigenvalue weighted by Gasteiger charge is -2.43. The van der Waals surface area contributed by atoms with Crippen LogP contribution in [-0.2, 0) is 4.79 Å². The second-order valence-electron chi connectivity index (χ2n) is 5.08. The van der Waals surface area contributed by atoms with E-state index in [1.807, 2.05) is 0 Å². The Hall–Kier alpha value is -1.89. The van der Waals surface area contributed by atoms with Crippen LogP contribution in [0.15, 0.2) is 41.6 Å². The smallest absolute Gasteiger partial charge is 0.341 e. The van der Waals surface area contributed by atoms with Crippen molar-refractivity contribution < 1.29 is 18.0 Å². The van der Waals surface area contributed by atoms with Crippen molar-refractivity contribution in [3.8, 4) is 0 Å². The largest absolute Gasteiger partial charge is 0.431 e. The molecule has 0 spiro atoms. The molecule has 0 saturated heterocycles. The summed E-state index contributed by atoms with van der Waals surface area (Å²) in [6.45, 7) is 1.15. The summed E-state index contributed by atoms with van der Waals surface area (Å²) in [5, 5.41) is 0.0196. The Morgan fingerprint density at radius 1 is 1.18 bits per heavy atom. The predicted octanol–water partition coefficient (Wildman–Crippen LogP) is 3.30. The van der Waals surface area contributed by atoms with Crippen molar-refractivity contribution in [1.29, 1.82) is 0 Å². The number of hydrogen-bond acceptors (Lipinski definition) is 2. The van der Waals surface area contributed by atoms with Crippen LogP contribution < -0.4 is 0 Å². The lowest BCUT2D eigenvalue weighted by atomic mass is 9.91. The van der Waals surface area contributed by atoms with Gasteiger partial charge in [0.05, 0.1) is 11.6 Å². The summed E-state index contributed by atoms with van der Waals surface area (Å²) >= 11 is 5.12. The van der Waals surface area contributed by atoms with Crippen molar-refractivity contribution in [2.45, 2.75) is 19.1 Å². The number of benzene rings is 1. The highest BCUT2D eigenvalue weighted by Crippen LogP contribution is 2.42. The molecule has 1 atom stereocenters. The third kappa shape index (κ3) is 2.72. The maximum absolute atomic E-state index is 13.5. The first-order valence-corrected chi connectivity index (χ1v) is 6.94. The number of hydrogen-bond donors (Lipinski definition) is 0. The standard InChI is InChI=1S/C15H15F3N2OS/c1-9(21)11-12(10-7-5-4-6-8-10)19(2)14(22)20(3)13(11)15(16,17)18/h4-8,12H,1-3H3/t12-/m0/s1. The summed E-state index contributed by atoms with van der Waals surface area (Å²) in [6.07, 6.45) is -4.66. The van der Waals surface area contributed by atoms with Gasteiger partial charge in [0.15, 0.2) is 10.9 Å². The minimum Gasteiger partial charge on any atom is -0.341 e. The second kappa shape index (κ2) is 5.72. The zero-order valence-electron chi connectivity index (χ0n) is 12.3. The zero-order valence-corrected chi connectivity index (χ0v) is 13.1. The summed E-state index contributed by atoms with van der Waals surface area (Å²) in [7, 11) is 2.82. The Morgan fingerprint density at radius 3 is 2.18 bits per heavy atom. The summed E-state index contributed by atoms with van der Waals surface area (Å²) in [6, 6.07) is 7.72. The normalized spacial score (nSPS) is 19.7. The van der Waals surface area contributed by atoms with Gasteiger partial charge in [0.25, 0.3) is 0 Å². The van der Waals surface area contributed by atoms with Gasteiger partial charge in [-0.1, -0.05) is 30.3 Å². The Kier molecular flexibility index (Phi) is 4.28. The highest BCUT2D eigenvalue weighted by molar-refractivity contribution is 7.80. The second-order valence-corrected chi connectivity index (χ2v) is 5.45. The van der Waals surface area contributed by atoms with Gasteiger partial charge in [0, 0.05) is 14.1 Å². The quantitative estimate of drug-likeness (QED) is 0.777. The monoisotopic (exact) mass is 328 g/mol. The molecule has 0 fully saturated rings. The lowest BCUT2D eigenvalue weighted by Crippen LogP contribution is -2.50. The molecular formula is C15H15F3N2OS. The third-order valence-corrected chi connectivity index (χ3v) is 4.16. The van der Waals surface area contributed by atoms with E-state index in [1.54, 1.807) is 37.4 Å². The fraction of sp³-hybridized carbons (Fsp3) is 0.333. The Labute approximate surface area is 132 Å². The zero-order chi connectivity index (χ0) is 16.7. The van der Waals surface area contributed by atoms with E-state index in [0.29, 0.717) is 5.56 Å². The molecule has 1 heterocycles. The van der Waals surface area contributed by atoms with E-state index < -0.39 is 23.7 Å². The number of rotatable bonds is 2. The summed E-state index contributed by atoms with van der Waals surface area (Å²) < 4.78 is 40.4. The molecule has 0 aliphatic carbocycles. The van der Waals surface area contributed by atoms with Crippen LogP contribution >= 0.6 is 12.2 Å². The van der Waals surface area contributed by atoms with Crippen LogP contribution in [0.3, 0.4) is 0 Å². The molecule has 118 valence electrons. The molecular weight excluding hydrogens is 313 g/mol. The number of ketones is 1. The van der Waals surface area contributed by atoms with Crippen molar-refractivity contribution in [3.05, 3.63) is 47.2 Å². The van der Waals surface area contributed by atoms with Crippen LogP contribution in [0, 0.1) is 0 Å². The minimum absolute atomic E-state index is 0.0196. The van der Waals surface area contributed by atoms with Crippen molar-refractivity contribution in [3.63, 3.8) is 0 Å². The van der Waals surface area contributed by atoms with E-state index >= 15 is 0 Å². The molecule has 2 rings (SSSR count). The van der Waals surface area contributed by atoms with E-state index in [2.05, 4.69) is 0 Å². The number of carbonyl (C=O) groups excluding carboxylic acids is 1. The number of thiocarbonyl (C=S) groups is 1. The number of nitrogens with zero attached hydrogens (tertiary/aromatic N) is 2. The molecule has 0 radical (unpaired) electrons. The SMILES string of the molecule is CC(=O)C1=C(C(F)(F)F)N(C)C(=S)N(C)[C@H]1c1ccccc1. The molecule has 0 bridgehead atoms. The topological polar surface area (TPSA) is 23.6 Å². The lowest BCUT2D eigenvalue weighted by molar-refractivity contribution is -0.120. The molecule has 1 aliphatic heterocycles. The molecule has 7 heteroatoms. The van der Waals surface area contributed by atoms with Crippen molar-refractivity contribution in [2.24, 2.45) is 0 Å². The summed E-state index contributed by atoms with van der Waals surface area (Å²) in [5.41, 5.74) is -0.693. The van der Waals surface area contributed by atoms with E-state index in [-0.39, 0.29) is 10.7 Å². The first-order chi connectivity index (χ1) is 10.2. The number of carbonyl (C=O) groups is 1. The predicted molar refractivity (Wildman–Crippen MR) is 81.1 cm³/mol. The van der Waals surface area contributed by atoms with Crippen LogP contribution in [0.2, 0.25) is 0 Å². The van der Waals surface area contributed by atoms with Gasteiger partial charge in [0.2, 0.25) is 0 Å². The van der Waals surface area contributed by atoms with E-state index in [0.717, 1.165) is 11.8 Å². The fourth-order valence-electron chi connectivity index (χ4n) is 2.67. The Morgan fingerprint density at radius 2 is 1.73 bits per heavy atom. The molecule has 1 aliphatic rings. The molecule has 0 amide bonds. The van der Waals surface area contributed by atoms with Crippen LogP contribution in [0.25, 0.3) is 0 Å². The van der Waals surface area contributed by atoms with Crippen LogP contribution in [0.4, 0.5) is 13.2 Å². The number of halogens is 3. The molecule has 0 saturated carbocycles. The van der Waals surface area contributed by atoms with Gasteiger partial charge in [-0.25, -0.2) is 0 Å². The van der Waals surface area contributed by atoms with E-state index in [4.69, 9.17) is 12.2 Å². The number of likely N-dealkylation sites (N-methyl/N-ethyl adjacent to an activating group) is 1. The van der Waals surface area contributed by atoms with Gasteiger partial charge >= 0.3 is 6.18 Å². The van der Waals surface area contributed by atoms with Gasteiger partial charge in [0.1, 0.15) is 5.70 Å². The fourth-order valence-corrected chi connectivity index (χ4v) is 2.87. The van der Waals surface area contributed by atoms with E-state index in [1.165, 1.54) is 11.9 Å². The molecule has 0 N–H and O–H groups in total. The molecule has 0 aromatic heterocycles. The highest BCUT2D eigenvalue weighted by atomic mass is 32.1. The first kappa shape index (κ1) is 16.5. The maximum Gasteiger partial charge on any atom is 0.431 e. The van der Waals surface area contributed by atoms with Crippen molar-refractivity contribution in [1.82, 2.24) is 9.80 Å². The van der Waals surface area contributed by atoms with Gasteiger partial charge in [-0.05, 0) is 24.7 Å². The van der Waals surface area contributed by atoms with Gasteiger partial charge in [-0.3, -0.25) is 4.79 Å². The van der Waals surface area contributed by atoms with Crippen molar-refractivity contribution in [2.75, 3.05) is 14.1 Å². The summed E-state index contributed by atoms with van der Waals surface area (Å²) in [4.78, 5) is 14.3.